The number of carbonyl (C=O) groups is 1. The number of aryl methyl sites for hydroxylation is 1. The van der Waals surface area contributed by atoms with Crippen molar-refractivity contribution in [1.29, 1.82) is 0 Å². The van der Waals surface area contributed by atoms with Crippen LogP contribution in [0.3, 0.4) is 0 Å². The van der Waals surface area contributed by atoms with Crippen molar-refractivity contribution in [1.82, 2.24) is 4.98 Å². The fraction of sp³-hybridized carbons (Fsp3) is 0.0526. The Morgan fingerprint density at radius 3 is 2.65 bits per heavy atom. The van der Waals surface area contributed by atoms with Gasteiger partial charge in [-0.2, -0.15) is 0 Å². The van der Waals surface area contributed by atoms with Crippen molar-refractivity contribution < 1.29 is 4.79 Å². The summed E-state index contributed by atoms with van der Waals surface area (Å²) >= 11 is 1.51. The molecule has 0 aliphatic heterocycles. The van der Waals surface area contributed by atoms with Crippen molar-refractivity contribution in [2.24, 2.45) is 0 Å². The molecular formula is C19H14N2OS. The predicted octanol–water partition coefficient (Wildman–Crippen LogP) is 5.01. The Morgan fingerprint density at radius 1 is 1.00 bits per heavy atom. The van der Waals surface area contributed by atoms with Crippen LogP contribution in [-0.4, -0.2) is 10.9 Å². The van der Waals surface area contributed by atoms with Gasteiger partial charge in [0.15, 0.2) is 5.13 Å². The standard InChI is InChI=1S/C19H14N2OS/c1-12-6-2-4-8-14(12)18(22)21-19-20-16-11-10-13-7-3-5-9-15(13)17(16)23-19/h2-11H,1H3,(H,20,21,22). The molecular weight excluding hydrogens is 304 g/mol. The molecule has 1 amide bonds. The quantitative estimate of drug-likeness (QED) is 0.564. The van der Waals surface area contributed by atoms with Gasteiger partial charge in [0.05, 0.1) is 10.2 Å². The van der Waals surface area contributed by atoms with Gasteiger partial charge in [-0.25, -0.2) is 4.98 Å². The Bertz CT molecular complexity index is 1040. The minimum absolute atomic E-state index is 0.119. The van der Waals surface area contributed by atoms with E-state index in [2.05, 4.69) is 28.5 Å². The first-order valence-electron chi connectivity index (χ1n) is 7.37. The highest BCUT2D eigenvalue weighted by Gasteiger charge is 2.12. The first-order chi connectivity index (χ1) is 11.2. The van der Waals surface area contributed by atoms with Crippen LogP contribution in [0.2, 0.25) is 0 Å². The zero-order valence-corrected chi connectivity index (χ0v) is 13.4. The number of anilines is 1. The molecule has 4 heteroatoms. The van der Waals surface area contributed by atoms with Crippen molar-refractivity contribution in [3.63, 3.8) is 0 Å². The number of fused-ring (bicyclic) bond motifs is 3. The number of amides is 1. The highest BCUT2D eigenvalue weighted by atomic mass is 32.1. The highest BCUT2D eigenvalue weighted by molar-refractivity contribution is 7.23. The van der Waals surface area contributed by atoms with Gasteiger partial charge in [0.25, 0.3) is 5.91 Å². The van der Waals surface area contributed by atoms with E-state index in [4.69, 9.17) is 0 Å². The molecule has 1 N–H and O–H groups in total. The maximum atomic E-state index is 12.4. The summed E-state index contributed by atoms with van der Waals surface area (Å²) in [6.45, 7) is 1.93. The van der Waals surface area contributed by atoms with E-state index in [9.17, 15) is 4.79 Å². The van der Waals surface area contributed by atoms with Crippen molar-refractivity contribution in [3.8, 4) is 0 Å². The summed E-state index contributed by atoms with van der Waals surface area (Å²) in [5.74, 6) is -0.119. The van der Waals surface area contributed by atoms with Crippen LogP contribution in [0.5, 0.6) is 0 Å². The van der Waals surface area contributed by atoms with Crippen LogP contribution < -0.4 is 5.32 Å². The van der Waals surface area contributed by atoms with Gasteiger partial charge in [0.2, 0.25) is 0 Å². The highest BCUT2D eigenvalue weighted by Crippen LogP contribution is 2.32. The van der Waals surface area contributed by atoms with Crippen molar-refractivity contribution >= 4 is 43.4 Å². The summed E-state index contributed by atoms with van der Waals surface area (Å²) in [5, 5.41) is 5.90. The molecule has 1 aromatic heterocycles. The molecule has 0 aliphatic rings. The number of rotatable bonds is 2. The van der Waals surface area contributed by atoms with Gasteiger partial charge in [0.1, 0.15) is 0 Å². The van der Waals surface area contributed by atoms with Gasteiger partial charge in [-0.05, 0) is 30.0 Å². The van der Waals surface area contributed by atoms with E-state index >= 15 is 0 Å². The van der Waals surface area contributed by atoms with Gasteiger partial charge in [-0.1, -0.05) is 59.9 Å². The number of nitrogens with one attached hydrogen (secondary N) is 1. The lowest BCUT2D eigenvalue weighted by Crippen LogP contribution is -2.12. The van der Waals surface area contributed by atoms with Gasteiger partial charge in [-0.3, -0.25) is 10.1 Å². The molecule has 0 bridgehead atoms. The van der Waals surface area contributed by atoms with Crippen LogP contribution in [0.1, 0.15) is 15.9 Å². The largest absolute Gasteiger partial charge is 0.298 e. The van der Waals surface area contributed by atoms with E-state index in [1.807, 2.05) is 49.4 Å². The fourth-order valence-corrected chi connectivity index (χ4v) is 3.70. The van der Waals surface area contributed by atoms with Crippen LogP contribution in [0.4, 0.5) is 5.13 Å². The Labute approximate surface area is 137 Å². The Kier molecular flexibility index (Phi) is 3.32. The Balaban J connectivity index is 1.74. The normalized spacial score (nSPS) is 11.0. The maximum Gasteiger partial charge on any atom is 0.257 e. The van der Waals surface area contributed by atoms with Gasteiger partial charge in [0, 0.05) is 10.9 Å². The molecule has 0 unspecified atom stereocenters. The number of benzene rings is 3. The first kappa shape index (κ1) is 13.9. The smallest absolute Gasteiger partial charge is 0.257 e. The number of hydrogen-bond donors (Lipinski definition) is 1. The zero-order chi connectivity index (χ0) is 15.8. The lowest BCUT2D eigenvalue weighted by molar-refractivity contribution is 0.102. The molecule has 0 spiro atoms. The topological polar surface area (TPSA) is 42.0 Å². The average molecular weight is 318 g/mol. The molecule has 3 aromatic carbocycles. The summed E-state index contributed by atoms with van der Waals surface area (Å²) in [7, 11) is 0. The van der Waals surface area contributed by atoms with Gasteiger partial charge >= 0.3 is 0 Å². The lowest BCUT2D eigenvalue weighted by atomic mass is 10.1. The number of thiazole rings is 1. The predicted molar refractivity (Wildman–Crippen MR) is 96.3 cm³/mol. The first-order valence-corrected chi connectivity index (χ1v) is 8.19. The molecule has 23 heavy (non-hydrogen) atoms. The SMILES string of the molecule is Cc1ccccc1C(=O)Nc1nc2ccc3ccccc3c2s1. The van der Waals surface area contributed by atoms with E-state index in [0.29, 0.717) is 10.7 Å². The van der Waals surface area contributed by atoms with E-state index in [-0.39, 0.29) is 5.91 Å². The average Bonchev–Trinajstić information content (AvgIpc) is 2.98. The fourth-order valence-electron chi connectivity index (χ4n) is 2.70. The number of nitrogens with zero attached hydrogens (tertiary/aromatic N) is 1. The number of aromatic nitrogens is 1. The number of hydrogen-bond acceptors (Lipinski definition) is 3. The second kappa shape index (κ2) is 5.48. The summed E-state index contributed by atoms with van der Waals surface area (Å²) in [4.78, 5) is 17.0. The van der Waals surface area contributed by atoms with Crippen LogP contribution in [0.15, 0.2) is 60.7 Å². The third-order valence-electron chi connectivity index (χ3n) is 3.89. The molecule has 0 saturated carbocycles. The summed E-state index contributed by atoms with van der Waals surface area (Å²) in [6.07, 6.45) is 0. The molecule has 3 nitrogen and oxygen atoms in total. The van der Waals surface area contributed by atoms with Crippen LogP contribution in [0.25, 0.3) is 21.0 Å². The van der Waals surface area contributed by atoms with E-state index < -0.39 is 0 Å². The molecule has 1 heterocycles. The van der Waals surface area contributed by atoms with Crippen LogP contribution in [0, 0.1) is 6.92 Å². The molecule has 0 saturated heterocycles. The third kappa shape index (κ3) is 2.47. The van der Waals surface area contributed by atoms with Crippen molar-refractivity contribution in [3.05, 3.63) is 71.8 Å². The molecule has 0 fully saturated rings. The molecule has 0 radical (unpaired) electrons. The summed E-state index contributed by atoms with van der Waals surface area (Å²) < 4.78 is 1.10. The lowest BCUT2D eigenvalue weighted by Gasteiger charge is -2.04. The minimum atomic E-state index is -0.119. The monoisotopic (exact) mass is 318 g/mol. The second-order valence-electron chi connectivity index (χ2n) is 5.42. The molecule has 0 aliphatic carbocycles. The van der Waals surface area contributed by atoms with Crippen LogP contribution in [-0.2, 0) is 0 Å². The molecule has 112 valence electrons. The second-order valence-corrected chi connectivity index (χ2v) is 6.42. The van der Waals surface area contributed by atoms with E-state index in [0.717, 1.165) is 15.8 Å². The van der Waals surface area contributed by atoms with E-state index in [1.54, 1.807) is 0 Å². The Morgan fingerprint density at radius 2 is 1.78 bits per heavy atom. The molecule has 4 aromatic rings. The summed E-state index contributed by atoms with van der Waals surface area (Å²) in [5.41, 5.74) is 2.54. The maximum absolute atomic E-state index is 12.4. The Hall–Kier alpha value is -2.72. The molecule has 4 rings (SSSR count). The third-order valence-corrected chi connectivity index (χ3v) is 4.91. The van der Waals surface area contributed by atoms with Crippen molar-refractivity contribution in [2.75, 3.05) is 5.32 Å². The van der Waals surface area contributed by atoms with Gasteiger partial charge < -0.3 is 0 Å². The van der Waals surface area contributed by atoms with Gasteiger partial charge in [-0.15, -0.1) is 0 Å². The minimum Gasteiger partial charge on any atom is -0.298 e. The molecule has 0 atom stereocenters. The van der Waals surface area contributed by atoms with Crippen molar-refractivity contribution in [2.45, 2.75) is 6.92 Å². The summed E-state index contributed by atoms with van der Waals surface area (Å²) in [6, 6.07) is 19.8. The number of carbonyl (C=O) groups excluding carboxylic acids is 1. The zero-order valence-electron chi connectivity index (χ0n) is 12.5. The van der Waals surface area contributed by atoms with E-state index in [1.165, 1.54) is 22.1 Å². The van der Waals surface area contributed by atoms with Crippen LogP contribution >= 0.6 is 11.3 Å².